The maximum Gasteiger partial charge on any atom is 0.269 e. The van der Waals surface area contributed by atoms with Gasteiger partial charge < -0.3 is 14.7 Å². The highest BCUT2D eigenvalue weighted by molar-refractivity contribution is 7.98. The second-order valence-corrected chi connectivity index (χ2v) is 12.5. The van der Waals surface area contributed by atoms with Crippen LogP contribution in [0.2, 0.25) is 5.15 Å². The molecule has 3 heterocycles. The molecule has 0 atom stereocenters. The van der Waals surface area contributed by atoms with Crippen LogP contribution in [0.15, 0.2) is 90.1 Å². The summed E-state index contributed by atoms with van der Waals surface area (Å²) in [7, 11) is 0. The van der Waals surface area contributed by atoms with Gasteiger partial charge in [-0.25, -0.2) is 9.97 Å². The molecule has 0 bridgehead atoms. The Morgan fingerprint density at radius 2 is 1.49 bits per heavy atom. The molecular formula is C33H34ClN7O3S. The zero-order valence-electron chi connectivity index (χ0n) is 24.8. The van der Waals surface area contributed by atoms with E-state index in [1.807, 2.05) is 41.3 Å². The number of anilines is 2. The van der Waals surface area contributed by atoms with Gasteiger partial charge in [0.25, 0.3) is 11.6 Å². The van der Waals surface area contributed by atoms with Crippen LogP contribution < -0.4 is 9.80 Å². The predicted molar refractivity (Wildman–Crippen MR) is 178 cm³/mol. The summed E-state index contributed by atoms with van der Waals surface area (Å²) in [5, 5.41) is 12.0. The topological polar surface area (TPSA) is 99.0 Å². The van der Waals surface area contributed by atoms with Gasteiger partial charge in [0.2, 0.25) is 0 Å². The number of nitrogens with zero attached hydrogens (tertiary/aromatic N) is 7. The summed E-state index contributed by atoms with van der Waals surface area (Å²) in [4.78, 5) is 41.9. The van der Waals surface area contributed by atoms with E-state index in [-0.39, 0.29) is 11.6 Å². The van der Waals surface area contributed by atoms with E-state index < -0.39 is 4.92 Å². The summed E-state index contributed by atoms with van der Waals surface area (Å²) in [6.45, 7) is 7.07. The number of amides is 1. The number of aromatic nitrogens is 2. The van der Waals surface area contributed by atoms with Crippen LogP contribution >= 0.6 is 23.4 Å². The molecule has 10 nitrogen and oxygen atoms in total. The molecular weight excluding hydrogens is 610 g/mol. The van der Waals surface area contributed by atoms with Crippen LogP contribution in [0, 0.1) is 10.1 Å². The average molecular weight is 644 g/mol. The van der Waals surface area contributed by atoms with E-state index in [2.05, 4.69) is 43.9 Å². The summed E-state index contributed by atoms with van der Waals surface area (Å²) in [5.74, 6) is 1.45. The Labute approximate surface area is 271 Å². The molecule has 2 aliphatic heterocycles. The monoisotopic (exact) mass is 643 g/mol. The molecule has 0 N–H and O–H groups in total. The number of thioether (sulfide) groups is 1. The normalized spacial score (nSPS) is 15.7. The van der Waals surface area contributed by atoms with Gasteiger partial charge in [-0.15, -0.1) is 0 Å². The SMILES string of the molecule is O=C(c1cccc(CSc2nc(Cl)cc(N3CCN(Cc4ccccc4)CC3)n2)c1)N1CCN(c2ccc([N+](=O)[O-])cc2)CC1. The van der Waals surface area contributed by atoms with Gasteiger partial charge in [0.15, 0.2) is 5.16 Å². The molecule has 0 unspecified atom stereocenters. The van der Waals surface area contributed by atoms with Crippen molar-refractivity contribution < 1.29 is 9.72 Å². The lowest BCUT2D eigenvalue weighted by Gasteiger charge is -2.36. The Kier molecular flexibility index (Phi) is 9.78. The number of nitro benzene ring substituents is 1. The minimum atomic E-state index is -0.400. The maximum atomic E-state index is 13.4. The molecule has 0 radical (unpaired) electrons. The van der Waals surface area contributed by atoms with E-state index in [1.54, 1.807) is 12.1 Å². The predicted octanol–water partition coefficient (Wildman–Crippen LogP) is 5.62. The van der Waals surface area contributed by atoms with Gasteiger partial charge >= 0.3 is 0 Å². The van der Waals surface area contributed by atoms with Crippen molar-refractivity contribution >= 4 is 46.5 Å². The largest absolute Gasteiger partial charge is 0.368 e. The molecule has 45 heavy (non-hydrogen) atoms. The molecule has 3 aromatic carbocycles. The molecule has 1 amide bonds. The first-order chi connectivity index (χ1) is 21.9. The van der Waals surface area contributed by atoms with E-state index in [1.165, 1.54) is 29.5 Å². The first-order valence-corrected chi connectivity index (χ1v) is 16.3. The lowest BCUT2D eigenvalue weighted by atomic mass is 10.1. The molecule has 0 aliphatic carbocycles. The first-order valence-electron chi connectivity index (χ1n) is 15.0. The van der Waals surface area contributed by atoms with Gasteiger partial charge in [-0.05, 0) is 35.4 Å². The number of nitro groups is 1. The fourth-order valence-electron chi connectivity index (χ4n) is 5.67. The van der Waals surface area contributed by atoms with Crippen molar-refractivity contribution in [2.45, 2.75) is 17.5 Å². The minimum absolute atomic E-state index is 0.00195. The van der Waals surface area contributed by atoms with Gasteiger partial charge in [0.05, 0.1) is 4.92 Å². The van der Waals surface area contributed by atoms with Crippen LogP contribution in [0.1, 0.15) is 21.5 Å². The first kappa shape index (κ1) is 30.8. The molecule has 12 heteroatoms. The van der Waals surface area contributed by atoms with E-state index >= 15 is 0 Å². The number of carbonyl (C=O) groups is 1. The Morgan fingerprint density at radius 3 is 2.20 bits per heavy atom. The van der Waals surface area contributed by atoms with Crippen LogP contribution in [-0.4, -0.2) is 83.0 Å². The Morgan fingerprint density at radius 1 is 0.800 bits per heavy atom. The second kappa shape index (κ2) is 14.3. The third-order valence-corrected chi connectivity index (χ3v) is 9.25. The van der Waals surface area contributed by atoms with Crippen molar-refractivity contribution in [2.24, 2.45) is 0 Å². The molecule has 2 aliphatic rings. The zero-order chi connectivity index (χ0) is 31.2. The molecule has 2 saturated heterocycles. The summed E-state index contributed by atoms with van der Waals surface area (Å²) < 4.78 is 0. The molecule has 232 valence electrons. The van der Waals surface area contributed by atoms with Crippen LogP contribution in [0.4, 0.5) is 17.2 Å². The Hall–Kier alpha value is -4.19. The molecule has 6 rings (SSSR count). The van der Waals surface area contributed by atoms with Crippen LogP contribution in [0.5, 0.6) is 0 Å². The van der Waals surface area contributed by atoms with Crippen LogP contribution in [0.3, 0.4) is 0 Å². The maximum absolute atomic E-state index is 13.4. The molecule has 0 spiro atoms. The summed E-state index contributed by atoms with van der Waals surface area (Å²) in [6.07, 6.45) is 0. The lowest BCUT2D eigenvalue weighted by Crippen LogP contribution is -2.48. The van der Waals surface area contributed by atoms with Crippen molar-refractivity contribution in [1.29, 1.82) is 0 Å². The average Bonchev–Trinajstić information content (AvgIpc) is 3.08. The van der Waals surface area contributed by atoms with E-state index in [4.69, 9.17) is 16.6 Å². The summed E-state index contributed by atoms with van der Waals surface area (Å²) in [5.41, 5.74) is 3.97. The van der Waals surface area contributed by atoms with Crippen molar-refractivity contribution in [3.8, 4) is 0 Å². The molecule has 2 fully saturated rings. The Bertz CT molecular complexity index is 1630. The second-order valence-electron chi connectivity index (χ2n) is 11.1. The smallest absolute Gasteiger partial charge is 0.269 e. The van der Waals surface area contributed by atoms with Crippen molar-refractivity contribution in [2.75, 3.05) is 62.2 Å². The van der Waals surface area contributed by atoms with Crippen LogP contribution in [-0.2, 0) is 12.3 Å². The number of non-ortho nitro benzene ring substituents is 1. The highest BCUT2D eigenvalue weighted by Gasteiger charge is 2.23. The highest BCUT2D eigenvalue weighted by atomic mass is 35.5. The molecule has 1 aromatic heterocycles. The number of rotatable bonds is 9. The number of carbonyl (C=O) groups excluding carboxylic acids is 1. The van der Waals surface area contributed by atoms with Gasteiger partial charge in [-0.3, -0.25) is 19.8 Å². The van der Waals surface area contributed by atoms with Crippen molar-refractivity contribution in [3.63, 3.8) is 0 Å². The fourth-order valence-corrected chi connectivity index (χ4v) is 6.69. The van der Waals surface area contributed by atoms with Crippen LogP contribution in [0.25, 0.3) is 0 Å². The molecule has 0 saturated carbocycles. The third kappa shape index (κ3) is 7.91. The number of halogens is 1. The standard InChI is InChI=1S/C33H34ClN7O3S/c34-30-22-31(39-15-13-37(14-16-39)23-25-5-2-1-3-6-25)36-33(35-30)45-24-26-7-4-8-27(21-26)32(42)40-19-17-38(18-20-40)28-9-11-29(12-10-28)41(43)44/h1-12,21-22H,13-20,23-24H2. The number of hydrogen-bond donors (Lipinski definition) is 0. The van der Waals surface area contributed by atoms with E-state index in [0.717, 1.165) is 49.8 Å². The quantitative estimate of drug-likeness (QED) is 0.0757. The minimum Gasteiger partial charge on any atom is -0.368 e. The van der Waals surface area contributed by atoms with Gasteiger partial charge in [-0.1, -0.05) is 65.8 Å². The number of benzene rings is 3. The third-order valence-electron chi connectivity index (χ3n) is 8.14. The Balaban J connectivity index is 1.02. The number of hydrogen-bond acceptors (Lipinski definition) is 9. The van der Waals surface area contributed by atoms with Gasteiger partial charge in [0.1, 0.15) is 11.0 Å². The van der Waals surface area contributed by atoms with Crippen molar-refractivity contribution in [3.05, 3.63) is 117 Å². The number of piperazine rings is 2. The summed E-state index contributed by atoms with van der Waals surface area (Å²) in [6, 6.07) is 26.6. The lowest BCUT2D eigenvalue weighted by molar-refractivity contribution is -0.384. The zero-order valence-corrected chi connectivity index (χ0v) is 26.4. The van der Waals surface area contributed by atoms with Gasteiger partial charge in [0, 0.05) is 94.1 Å². The highest BCUT2D eigenvalue weighted by Crippen LogP contribution is 2.27. The fraction of sp³-hybridized carbons (Fsp3) is 0.303. The van der Waals surface area contributed by atoms with E-state index in [9.17, 15) is 14.9 Å². The molecule has 4 aromatic rings. The van der Waals surface area contributed by atoms with Crippen molar-refractivity contribution in [1.82, 2.24) is 19.8 Å². The van der Waals surface area contributed by atoms with Gasteiger partial charge in [-0.2, -0.15) is 0 Å². The summed E-state index contributed by atoms with van der Waals surface area (Å²) >= 11 is 7.93. The van der Waals surface area contributed by atoms with E-state index in [0.29, 0.717) is 47.8 Å².